The van der Waals surface area contributed by atoms with Crippen LogP contribution >= 0.6 is 11.3 Å². The van der Waals surface area contributed by atoms with Crippen molar-refractivity contribution in [2.45, 2.75) is 13.1 Å². The van der Waals surface area contributed by atoms with E-state index in [9.17, 15) is 0 Å². The van der Waals surface area contributed by atoms with E-state index in [1.807, 2.05) is 24.3 Å². The standard InChI is InChI=1S/C14H17NO2S.ClH/c16-7-8-17-13-5-3-12(4-6-13)10-15-11-14-2-1-9-18-14;/h1-6,9,15-16H,7-8,10-11H2;1H/p-1. The Kier molecular flexibility index (Phi) is 7.52. The van der Waals surface area contributed by atoms with Crippen LogP contribution in [0.15, 0.2) is 41.8 Å². The molecule has 0 saturated carbocycles. The van der Waals surface area contributed by atoms with Gasteiger partial charge in [0, 0.05) is 18.0 Å². The molecule has 104 valence electrons. The van der Waals surface area contributed by atoms with Gasteiger partial charge in [-0.1, -0.05) is 18.2 Å². The molecule has 2 N–H and O–H groups in total. The quantitative estimate of drug-likeness (QED) is 0.718. The zero-order chi connectivity index (χ0) is 12.6. The maximum absolute atomic E-state index is 8.65. The van der Waals surface area contributed by atoms with E-state index in [-0.39, 0.29) is 19.0 Å². The molecule has 0 fully saturated rings. The van der Waals surface area contributed by atoms with E-state index in [4.69, 9.17) is 9.84 Å². The van der Waals surface area contributed by atoms with Crippen LogP contribution in [0.5, 0.6) is 5.75 Å². The van der Waals surface area contributed by atoms with Gasteiger partial charge in [0.05, 0.1) is 6.61 Å². The van der Waals surface area contributed by atoms with Gasteiger partial charge in [-0.25, -0.2) is 0 Å². The van der Waals surface area contributed by atoms with Crippen molar-refractivity contribution in [3.05, 3.63) is 52.2 Å². The molecule has 19 heavy (non-hydrogen) atoms. The molecule has 0 spiro atoms. The summed E-state index contributed by atoms with van der Waals surface area (Å²) in [7, 11) is 0. The highest BCUT2D eigenvalue weighted by molar-refractivity contribution is 7.09. The van der Waals surface area contributed by atoms with Crippen molar-refractivity contribution in [3.63, 3.8) is 0 Å². The first-order valence-corrected chi connectivity index (χ1v) is 6.82. The Labute approximate surface area is 123 Å². The predicted molar refractivity (Wildman–Crippen MR) is 73.9 cm³/mol. The highest BCUT2D eigenvalue weighted by Crippen LogP contribution is 2.12. The van der Waals surface area contributed by atoms with Crippen molar-refractivity contribution in [1.29, 1.82) is 0 Å². The van der Waals surface area contributed by atoms with Gasteiger partial charge < -0.3 is 27.6 Å². The van der Waals surface area contributed by atoms with E-state index >= 15 is 0 Å². The van der Waals surface area contributed by atoms with Crippen molar-refractivity contribution < 1.29 is 22.3 Å². The van der Waals surface area contributed by atoms with E-state index in [2.05, 4.69) is 22.8 Å². The van der Waals surface area contributed by atoms with Crippen molar-refractivity contribution in [2.75, 3.05) is 13.2 Å². The summed E-state index contributed by atoms with van der Waals surface area (Å²) in [6, 6.07) is 12.1. The summed E-state index contributed by atoms with van der Waals surface area (Å²) >= 11 is 1.76. The number of aliphatic hydroxyl groups excluding tert-OH is 1. The topological polar surface area (TPSA) is 41.5 Å². The first-order valence-electron chi connectivity index (χ1n) is 5.94. The fourth-order valence-corrected chi connectivity index (χ4v) is 2.28. The number of hydrogen-bond acceptors (Lipinski definition) is 4. The fraction of sp³-hybridized carbons (Fsp3) is 0.286. The van der Waals surface area contributed by atoms with Gasteiger partial charge >= 0.3 is 0 Å². The smallest absolute Gasteiger partial charge is 0.119 e. The second-order valence-electron chi connectivity index (χ2n) is 3.90. The van der Waals surface area contributed by atoms with Crippen LogP contribution in [-0.4, -0.2) is 18.3 Å². The Balaban J connectivity index is 0.00000180. The second kappa shape index (κ2) is 8.93. The third-order valence-electron chi connectivity index (χ3n) is 2.49. The Bertz CT molecular complexity index is 445. The number of nitrogens with one attached hydrogen (secondary N) is 1. The lowest BCUT2D eigenvalue weighted by molar-refractivity contribution is -0.00000479. The van der Waals surface area contributed by atoms with Crippen LogP contribution < -0.4 is 22.5 Å². The Morgan fingerprint density at radius 3 is 2.53 bits per heavy atom. The molecular weight excluding hydrogens is 282 g/mol. The lowest BCUT2D eigenvalue weighted by Gasteiger charge is -2.06. The third kappa shape index (κ3) is 5.61. The maximum atomic E-state index is 8.65. The van der Waals surface area contributed by atoms with Gasteiger partial charge in [0.15, 0.2) is 0 Å². The fourth-order valence-electron chi connectivity index (χ4n) is 1.61. The molecule has 0 aliphatic heterocycles. The average Bonchev–Trinajstić information content (AvgIpc) is 2.91. The summed E-state index contributed by atoms with van der Waals surface area (Å²) in [5, 5.41) is 14.1. The highest BCUT2D eigenvalue weighted by atomic mass is 35.5. The molecule has 0 aliphatic rings. The zero-order valence-corrected chi connectivity index (χ0v) is 12.1. The van der Waals surface area contributed by atoms with Crippen LogP contribution in [0.4, 0.5) is 0 Å². The van der Waals surface area contributed by atoms with Crippen molar-refractivity contribution in [2.24, 2.45) is 0 Å². The van der Waals surface area contributed by atoms with Crippen LogP contribution in [0.1, 0.15) is 10.4 Å². The van der Waals surface area contributed by atoms with Gasteiger partial charge in [0.1, 0.15) is 12.4 Å². The monoisotopic (exact) mass is 298 g/mol. The number of halogens is 1. The summed E-state index contributed by atoms with van der Waals surface area (Å²) in [6.45, 7) is 2.14. The van der Waals surface area contributed by atoms with E-state index in [1.165, 1.54) is 10.4 Å². The summed E-state index contributed by atoms with van der Waals surface area (Å²) in [4.78, 5) is 1.35. The number of thiophene rings is 1. The summed E-state index contributed by atoms with van der Waals surface area (Å²) < 4.78 is 5.30. The van der Waals surface area contributed by atoms with Crippen molar-refractivity contribution >= 4 is 11.3 Å². The third-order valence-corrected chi connectivity index (χ3v) is 3.37. The maximum Gasteiger partial charge on any atom is 0.119 e. The lowest BCUT2D eigenvalue weighted by Crippen LogP contribution is -3.00. The molecule has 0 aliphatic carbocycles. The number of benzene rings is 1. The molecule has 1 aromatic heterocycles. The van der Waals surface area contributed by atoms with Crippen LogP contribution in [-0.2, 0) is 13.1 Å². The molecule has 1 aromatic carbocycles. The van der Waals surface area contributed by atoms with Gasteiger partial charge in [0.2, 0.25) is 0 Å². The molecule has 5 heteroatoms. The van der Waals surface area contributed by atoms with E-state index in [0.717, 1.165) is 18.8 Å². The molecule has 0 unspecified atom stereocenters. The summed E-state index contributed by atoms with van der Waals surface area (Å²) in [6.07, 6.45) is 0. The molecule has 2 aromatic rings. The second-order valence-corrected chi connectivity index (χ2v) is 4.93. The Morgan fingerprint density at radius 2 is 1.89 bits per heavy atom. The Morgan fingerprint density at radius 1 is 1.11 bits per heavy atom. The minimum absolute atomic E-state index is 0. The highest BCUT2D eigenvalue weighted by Gasteiger charge is 1.97. The van der Waals surface area contributed by atoms with Crippen LogP contribution in [0, 0.1) is 0 Å². The largest absolute Gasteiger partial charge is 1.00 e. The molecule has 0 bridgehead atoms. The SMILES string of the molecule is OCCOc1ccc(CNCc2cccs2)cc1.[Cl-]. The van der Waals surface area contributed by atoms with Gasteiger partial charge in [-0.2, -0.15) is 0 Å². The first-order chi connectivity index (χ1) is 8.88. The number of hydrogen-bond donors (Lipinski definition) is 2. The summed E-state index contributed by atoms with van der Waals surface area (Å²) in [5.41, 5.74) is 1.22. The number of rotatable bonds is 7. The van der Waals surface area contributed by atoms with Crippen LogP contribution in [0.25, 0.3) is 0 Å². The van der Waals surface area contributed by atoms with E-state index in [1.54, 1.807) is 11.3 Å². The molecule has 0 radical (unpaired) electrons. The molecular formula is C14H17ClNO2S-. The normalized spacial score (nSPS) is 9.95. The molecule has 1 heterocycles. The van der Waals surface area contributed by atoms with Gasteiger partial charge in [0.25, 0.3) is 0 Å². The van der Waals surface area contributed by atoms with Crippen molar-refractivity contribution in [1.82, 2.24) is 5.32 Å². The Hall–Kier alpha value is -1.07. The van der Waals surface area contributed by atoms with Gasteiger partial charge in [-0.05, 0) is 29.1 Å². The lowest BCUT2D eigenvalue weighted by atomic mass is 10.2. The van der Waals surface area contributed by atoms with E-state index < -0.39 is 0 Å². The molecule has 2 rings (SSSR count). The number of aliphatic hydroxyl groups is 1. The zero-order valence-electron chi connectivity index (χ0n) is 10.5. The van der Waals surface area contributed by atoms with Crippen LogP contribution in [0.2, 0.25) is 0 Å². The molecule has 0 amide bonds. The van der Waals surface area contributed by atoms with Gasteiger partial charge in [-0.15, -0.1) is 11.3 Å². The minimum Gasteiger partial charge on any atom is -1.00 e. The van der Waals surface area contributed by atoms with Gasteiger partial charge in [-0.3, -0.25) is 0 Å². The molecule has 0 saturated heterocycles. The van der Waals surface area contributed by atoms with E-state index in [0.29, 0.717) is 6.61 Å². The molecule has 0 atom stereocenters. The van der Waals surface area contributed by atoms with Crippen LogP contribution in [0.3, 0.4) is 0 Å². The summed E-state index contributed by atoms with van der Waals surface area (Å²) in [5.74, 6) is 0.797. The number of ether oxygens (including phenoxy) is 1. The van der Waals surface area contributed by atoms with Crippen molar-refractivity contribution in [3.8, 4) is 5.75 Å². The first kappa shape index (κ1) is 16.0. The molecule has 3 nitrogen and oxygen atoms in total. The average molecular weight is 299 g/mol. The predicted octanol–water partition coefficient (Wildman–Crippen LogP) is -0.587. The minimum atomic E-state index is 0.